The quantitative estimate of drug-likeness (QED) is 0.751. The number of carbonyl (C=O) groups is 1. The van der Waals surface area contributed by atoms with Crippen LogP contribution in [0.3, 0.4) is 0 Å². The Morgan fingerprint density at radius 2 is 1.75 bits per heavy atom. The molecule has 0 unspecified atom stereocenters. The van der Waals surface area contributed by atoms with E-state index in [0.29, 0.717) is 29.2 Å². The summed E-state index contributed by atoms with van der Waals surface area (Å²) in [4.78, 5) is 12.2. The van der Waals surface area contributed by atoms with Crippen molar-refractivity contribution in [3.05, 3.63) is 35.3 Å². The third-order valence-corrected chi connectivity index (χ3v) is 4.94. The van der Waals surface area contributed by atoms with Gasteiger partial charge in [0.2, 0.25) is 5.75 Å². The molecule has 0 aliphatic carbocycles. The standard InChI is InChI=1S/C16H19NO6S/c1-21-13-10-12(11-14(22-2)16(13)23-3)6-7-15(18)17-8-4-5-9-24(17,19)20/h5-7,9-11H,4,8H2,1-3H3/b7-6+. The van der Waals surface area contributed by atoms with Gasteiger partial charge in [0, 0.05) is 18.0 Å². The second kappa shape index (κ2) is 7.39. The molecule has 0 bridgehead atoms. The smallest absolute Gasteiger partial charge is 0.260 e. The van der Waals surface area contributed by atoms with Crippen molar-refractivity contribution >= 4 is 22.0 Å². The average Bonchev–Trinajstić information content (AvgIpc) is 2.58. The molecule has 0 radical (unpaired) electrons. The zero-order chi connectivity index (χ0) is 17.7. The summed E-state index contributed by atoms with van der Waals surface area (Å²) < 4.78 is 40.2. The van der Waals surface area contributed by atoms with Crippen molar-refractivity contribution in [3.63, 3.8) is 0 Å². The summed E-state index contributed by atoms with van der Waals surface area (Å²) in [5.74, 6) is 0.718. The van der Waals surface area contributed by atoms with Crippen LogP contribution in [0.25, 0.3) is 6.08 Å². The van der Waals surface area contributed by atoms with E-state index >= 15 is 0 Å². The van der Waals surface area contributed by atoms with E-state index in [0.717, 1.165) is 9.71 Å². The Kier molecular flexibility index (Phi) is 5.50. The van der Waals surface area contributed by atoms with E-state index in [1.165, 1.54) is 39.6 Å². The van der Waals surface area contributed by atoms with Crippen molar-refractivity contribution in [2.45, 2.75) is 6.42 Å². The number of amides is 1. The van der Waals surface area contributed by atoms with E-state index < -0.39 is 15.9 Å². The molecule has 0 N–H and O–H groups in total. The molecule has 0 saturated heterocycles. The Balaban J connectivity index is 2.29. The molecule has 130 valence electrons. The van der Waals surface area contributed by atoms with E-state index in [-0.39, 0.29) is 6.54 Å². The maximum absolute atomic E-state index is 12.2. The fraction of sp³-hybridized carbons (Fsp3) is 0.312. The van der Waals surface area contributed by atoms with Gasteiger partial charge in [0.15, 0.2) is 11.5 Å². The first-order valence-electron chi connectivity index (χ1n) is 7.14. The maximum Gasteiger partial charge on any atom is 0.260 e. The van der Waals surface area contributed by atoms with Gasteiger partial charge in [-0.05, 0) is 30.2 Å². The number of hydrogen-bond donors (Lipinski definition) is 0. The van der Waals surface area contributed by atoms with E-state index in [9.17, 15) is 13.2 Å². The first-order chi connectivity index (χ1) is 11.4. The first-order valence-corrected chi connectivity index (χ1v) is 8.64. The molecule has 0 atom stereocenters. The maximum atomic E-state index is 12.2. The molecule has 24 heavy (non-hydrogen) atoms. The first kappa shape index (κ1) is 17.9. The summed E-state index contributed by atoms with van der Waals surface area (Å²) in [5, 5.41) is 1.04. The third kappa shape index (κ3) is 3.70. The number of carbonyl (C=O) groups excluding carboxylic acids is 1. The van der Waals surface area contributed by atoms with E-state index in [2.05, 4.69) is 0 Å². The number of rotatable bonds is 5. The number of nitrogens with zero attached hydrogens (tertiary/aromatic N) is 1. The monoisotopic (exact) mass is 353 g/mol. The molecule has 0 fully saturated rings. The minimum atomic E-state index is -3.68. The molecule has 1 heterocycles. The van der Waals surface area contributed by atoms with Crippen molar-refractivity contribution < 1.29 is 27.4 Å². The van der Waals surface area contributed by atoms with Crippen LogP contribution in [-0.4, -0.2) is 46.5 Å². The molecular weight excluding hydrogens is 334 g/mol. The molecule has 1 aromatic rings. The van der Waals surface area contributed by atoms with E-state index in [1.54, 1.807) is 12.1 Å². The van der Waals surface area contributed by atoms with Gasteiger partial charge < -0.3 is 14.2 Å². The predicted molar refractivity (Wildman–Crippen MR) is 89.5 cm³/mol. The molecule has 7 nitrogen and oxygen atoms in total. The van der Waals surface area contributed by atoms with Gasteiger partial charge in [0.05, 0.1) is 21.3 Å². The van der Waals surface area contributed by atoms with Gasteiger partial charge in [-0.3, -0.25) is 4.79 Å². The zero-order valence-electron chi connectivity index (χ0n) is 13.7. The van der Waals surface area contributed by atoms with Gasteiger partial charge >= 0.3 is 0 Å². The summed E-state index contributed by atoms with van der Waals surface area (Å²) in [7, 11) is 0.791. The summed E-state index contributed by atoms with van der Waals surface area (Å²) in [5.41, 5.74) is 0.614. The molecule has 0 aromatic heterocycles. The van der Waals surface area contributed by atoms with Crippen molar-refractivity contribution in [1.82, 2.24) is 4.31 Å². The lowest BCUT2D eigenvalue weighted by atomic mass is 10.1. The van der Waals surface area contributed by atoms with E-state index in [1.807, 2.05) is 0 Å². The second-order valence-electron chi connectivity index (χ2n) is 4.91. The van der Waals surface area contributed by atoms with Crippen LogP contribution >= 0.6 is 0 Å². The van der Waals surface area contributed by atoms with Gasteiger partial charge in [-0.2, -0.15) is 0 Å². The van der Waals surface area contributed by atoms with Gasteiger partial charge in [-0.15, -0.1) is 0 Å². The largest absolute Gasteiger partial charge is 0.493 e. The Morgan fingerprint density at radius 1 is 1.12 bits per heavy atom. The average molecular weight is 353 g/mol. The van der Waals surface area contributed by atoms with Gasteiger partial charge in [-0.25, -0.2) is 12.7 Å². The minimum Gasteiger partial charge on any atom is -0.493 e. The molecule has 2 rings (SSSR count). The Morgan fingerprint density at radius 3 is 2.25 bits per heavy atom. The summed E-state index contributed by atoms with van der Waals surface area (Å²) in [6.07, 6.45) is 4.74. The highest BCUT2D eigenvalue weighted by Crippen LogP contribution is 2.38. The number of sulfonamides is 1. The molecule has 0 spiro atoms. The lowest BCUT2D eigenvalue weighted by Crippen LogP contribution is -2.36. The Bertz CT molecular complexity index is 757. The molecule has 1 amide bonds. The number of benzene rings is 1. The lowest BCUT2D eigenvalue weighted by molar-refractivity contribution is -0.121. The van der Waals surface area contributed by atoms with Crippen LogP contribution in [0.2, 0.25) is 0 Å². The highest BCUT2D eigenvalue weighted by atomic mass is 32.2. The highest BCUT2D eigenvalue weighted by Gasteiger charge is 2.25. The lowest BCUT2D eigenvalue weighted by Gasteiger charge is -2.21. The van der Waals surface area contributed by atoms with Crippen LogP contribution in [0.4, 0.5) is 0 Å². The molecule has 1 aliphatic heterocycles. The summed E-state index contributed by atoms with van der Waals surface area (Å²) >= 11 is 0. The fourth-order valence-corrected chi connectivity index (χ4v) is 3.46. The predicted octanol–water partition coefficient (Wildman–Crippen LogP) is 1.80. The Labute approximate surface area is 141 Å². The normalized spacial score (nSPS) is 16.2. The molecular formula is C16H19NO6S. The van der Waals surface area contributed by atoms with Crippen LogP contribution in [0, 0.1) is 0 Å². The zero-order valence-corrected chi connectivity index (χ0v) is 14.5. The number of methoxy groups -OCH3 is 3. The fourth-order valence-electron chi connectivity index (χ4n) is 2.27. The van der Waals surface area contributed by atoms with Crippen molar-refractivity contribution in [2.75, 3.05) is 27.9 Å². The van der Waals surface area contributed by atoms with Crippen molar-refractivity contribution in [3.8, 4) is 17.2 Å². The van der Waals surface area contributed by atoms with Crippen LogP contribution in [0.1, 0.15) is 12.0 Å². The molecule has 1 aromatic carbocycles. The van der Waals surface area contributed by atoms with Crippen LogP contribution < -0.4 is 14.2 Å². The summed E-state index contributed by atoms with van der Waals surface area (Å²) in [6, 6.07) is 3.32. The van der Waals surface area contributed by atoms with Gasteiger partial charge in [0.1, 0.15) is 0 Å². The molecule has 1 aliphatic rings. The third-order valence-electron chi connectivity index (χ3n) is 3.43. The van der Waals surface area contributed by atoms with Gasteiger partial charge in [-0.1, -0.05) is 6.08 Å². The minimum absolute atomic E-state index is 0.136. The van der Waals surface area contributed by atoms with Crippen LogP contribution in [0.15, 0.2) is 29.7 Å². The topological polar surface area (TPSA) is 82.1 Å². The van der Waals surface area contributed by atoms with Crippen LogP contribution in [-0.2, 0) is 14.8 Å². The van der Waals surface area contributed by atoms with Gasteiger partial charge in [0.25, 0.3) is 15.9 Å². The molecule has 8 heteroatoms. The highest BCUT2D eigenvalue weighted by molar-refractivity contribution is 7.92. The number of hydrogen-bond acceptors (Lipinski definition) is 6. The summed E-state index contributed by atoms with van der Waals surface area (Å²) in [6.45, 7) is 0.136. The molecule has 0 saturated carbocycles. The van der Waals surface area contributed by atoms with Crippen molar-refractivity contribution in [1.29, 1.82) is 0 Å². The number of ether oxygens (including phenoxy) is 3. The van der Waals surface area contributed by atoms with E-state index in [4.69, 9.17) is 14.2 Å². The second-order valence-corrected chi connectivity index (χ2v) is 6.65. The Hall–Kier alpha value is -2.48. The van der Waals surface area contributed by atoms with Crippen molar-refractivity contribution in [2.24, 2.45) is 0 Å². The van der Waals surface area contributed by atoms with Crippen LogP contribution in [0.5, 0.6) is 17.2 Å². The SMILES string of the molecule is COc1cc(/C=C/C(=O)N2CCC=CS2(=O)=O)cc(OC)c1OC.